The molecule has 0 radical (unpaired) electrons. The summed E-state index contributed by atoms with van der Waals surface area (Å²) in [4.78, 5) is 12.3. The summed E-state index contributed by atoms with van der Waals surface area (Å²) in [5.41, 5.74) is -0.828. The van der Waals surface area contributed by atoms with Gasteiger partial charge in [-0.2, -0.15) is 13.2 Å². The number of hydrogen-bond acceptors (Lipinski definition) is 2. The van der Waals surface area contributed by atoms with Crippen molar-refractivity contribution < 1.29 is 18.0 Å². The van der Waals surface area contributed by atoms with Gasteiger partial charge in [0.25, 0.3) is 0 Å². The molecule has 1 unspecified atom stereocenters. The highest BCUT2D eigenvalue weighted by Crippen LogP contribution is 2.23. The highest BCUT2D eigenvalue weighted by Gasteiger charge is 2.44. The molecule has 0 saturated carbocycles. The molecular formula is C8H13F3N2O. The average Bonchev–Trinajstić information content (AvgIpc) is 2.32. The molecule has 1 rings (SSSR count). The van der Waals surface area contributed by atoms with Crippen molar-refractivity contribution >= 4 is 5.91 Å². The Morgan fingerprint density at radius 1 is 1.57 bits per heavy atom. The number of rotatable bonds is 2. The fourth-order valence-electron chi connectivity index (χ4n) is 1.39. The van der Waals surface area contributed by atoms with E-state index in [0.29, 0.717) is 6.42 Å². The zero-order chi connectivity index (χ0) is 11.0. The Morgan fingerprint density at radius 3 is 2.50 bits per heavy atom. The van der Waals surface area contributed by atoms with Gasteiger partial charge in [-0.3, -0.25) is 10.1 Å². The van der Waals surface area contributed by atoms with Crippen LogP contribution in [0.4, 0.5) is 13.2 Å². The van der Waals surface area contributed by atoms with E-state index in [1.54, 1.807) is 13.8 Å². The number of nitrogens with one attached hydrogen (secondary N) is 1. The largest absolute Gasteiger partial charge is 0.406 e. The fourth-order valence-corrected chi connectivity index (χ4v) is 1.39. The van der Waals surface area contributed by atoms with Gasteiger partial charge in [-0.25, -0.2) is 0 Å². The zero-order valence-corrected chi connectivity index (χ0v) is 8.11. The van der Waals surface area contributed by atoms with E-state index >= 15 is 0 Å². The van der Waals surface area contributed by atoms with Crippen molar-refractivity contribution in [3.05, 3.63) is 0 Å². The Morgan fingerprint density at radius 2 is 2.14 bits per heavy atom. The van der Waals surface area contributed by atoms with E-state index in [2.05, 4.69) is 5.32 Å². The second kappa shape index (κ2) is 3.42. The fraction of sp³-hybridized carbons (Fsp3) is 0.875. The van der Waals surface area contributed by atoms with Gasteiger partial charge in [-0.1, -0.05) is 6.92 Å². The van der Waals surface area contributed by atoms with Crippen LogP contribution in [0.2, 0.25) is 0 Å². The van der Waals surface area contributed by atoms with Crippen LogP contribution in [0.1, 0.15) is 20.3 Å². The summed E-state index contributed by atoms with van der Waals surface area (Å²) in [6.45, 7) is 2.19. The second-order valence-corrected chi connectivity index (χ2v) is 3.64. The van der Waals surface area contributed by atoms with Gasteiger partial charge >= 0.3 is 6.18 Å². The quantitative estimate of drug-likeness (QED) is 0.740. The van der Waals surface area contributed by atoms with Gasteiger partial charge in [-0.15, -0.1) is 0 Å². The Balaban J connectivity index is 2.65. The smallest absolute Gasteiger partial charge is 0.319 e. The lowest BCUT2D eigenvalue weighted by atomic mass is 9.99. The van der Waals surface area contributed by atoms with Crippen LogP contribution < -0.4 is 5.32 Å². The maximum Gasteiger partial charge on any atom is 0.406 e. The van der Waals surface area contributed by atoms with Crippen molar-refractivity contribution in [2.24, 2.45) is 0 Å². The Kier molecular flexibility index (Phi) is 2.76. The number of alkyl halides is 3. The molecule has 14 heavy (non-hydrogen) atoms. The zero-order valence-electron chi connectivity index (χ0n) is 8.11. The van der Waals surface area contributed by atoms with Crippen molar-refractivity contribution in [3.63, 3.8) is 0 Å². The van der Waals surface area contributed by atoms with Gasteiger partial charge in [0.2, 0.25) is 5.91 Å². The summed E-state index contributed by atoms with van der Waals surface area (Å²) < 4.78 is 36.0. The van der Waals surface area contributed by atoms with Crippen LogP contribution in [-0.2, 0) is 4.79 Å². The number of halogens is 3. The molecule has 1 atom stereocenters. The Bertz CT molecular complexity index is 241. The van der Waals surface area contributed by atoms with Crippen LogP contribution >= 0.6 is 0 Å². The number of nitrogens with zero attached hydrogens (tertiary/aromatic N) is 1. The molecule has 0 aromatic rings. The summed E-state index contributed by atoms with van der Waals surface area (Å²) in [6.07, 6.45) is -3.84. The number of amides is 1. The highest BCUT2D eigenvalue weighted by molar-refractivity contribution is 5.87. The van der Waals surface area contributed by atoms with Crippen LogP contribution in [0.5, 0.6) is 0 Å². The molecule has 0 bridgehead atoms. The molecule has 1 amide bonds. The Hall–Kier alpha value is -0.780. The highest BCUT2D eigenvalue weighted by atomic mass is 19.4. The van der Waals surface area contributed by atoms with Crippen LogP contribution in [-0.4, -0.2) is 35.7 Å². The van der Waals surface area contributed by atoms with Crippen LogP contribution in [0.15, 0.2) is 0 Å². The van der Waals surface area contributed by atoms with Gasteiger partial charge < -0.3 is 4.90 Å². The minimum atomic E-state index is -4.32. The normalized spacial score (nSPS) is 28.6. The van der Waals surface area contributed by atoms with E-state index in [4.69, 9.17) is 0 Å². The van der Waals surface area contributed by atoms with Crippen LogP contribution in [0.25, 0.3) is 0 Å². The van der Waals surface area contributed by atoms with Gasteiger partial charge in [0.05, 0.1) is 12.2 Å². The van der Waals surface area contributed by atoms with Gasteiger partial charge in [0.1, 0.15) is 6.54 Å². The summed E-state index contributed by atoms with van der Waals surface area (Å²) in [7, 11) is 0. The van der Waals surface area contributed by atoms with Gasteiger partial charge in [0, 0.05) is 0 Å². The topological polar surface area (TPSA) is 32.3 Å². The summed E-state index contributed by atoms with van der Waals surface area (Å²) in [5, 5.41) is 2.78. The lowest BCUT2D eigenvalue weighted by Gasteiger charge is -2.21. The van der Waals surface area contributed by atoms with E-state index in [1.165, 1.54) is 0 Å². The Labute approximate surface area is 80.3 Å². The lowest BCUT2D eigenvalue weighted by Crippen LogP contribution is -2.44. The predicted octanol–water partition coefficient (Wildman–Crippen LogP) is 1.11. The van der Waals surface area contributed by atoms with E-state index in [9.17, 15) is 18.0 Å². The first-order valence-corrected chi connectivity index (χ1v) is 4.39. The molecule has 6 heteroatoms. The first-order valence-electron chi connectivity index (χ1n) is 4.39. The molecule has 1 aliphatic rings. The van der Waals surface area contributed by atoms with Gasteiger partial charge in [-0.05, 0) is 13.3 Å². The first kappa shape index (κ1) is 11.3. The molecule has 0 aromatic carbocycles. The lowest BCUT2D eigenvalue weighted by molar-refractivity contribution is -0.159. The van der Waals surface area contributed by atoms with E-state index in [0.717, 1.165) is 4.90 Å². The molecule has 3 nitrogen and oxygen atoms in total. The monoisotopic (exact) mass is 210 g/mol. The number of hydrogen-bond donors (Lipinski definition) is 1. The standard InChI is InChI=1S/C8H13F3N2O/c1-3-7(2)6(14)13(5-12-7)4-8(9,10)11/h12H,3-5H2,1-2H3. The molecule has 0 aliphatic carbocycles. The third kappa shape index (κ3) is 2.17. The van der Waals surface area contributed by atoms with Crippen LogP contribution in [0, 0.1) is 0 Å². The van der Waals surface area contributed by atoms with Gasteiger partial charge in [0.15, 0.2) is 0 Å². The third-order valence-electron chi connectivity index (χ3n) is 2.50. The molecule has 1 N–H and O–H groups in total. The van der Waals surface area contributed by atoms with Crippen LogP contribution in [0.3, 0.4) is 0 Å². The number of carbonyl (C=O) groups excluding carboxylic acids is 1. The maximum absolute atomic E-state index is 12.0. The maximum atomic E-state index is 12.0. The third-order valence-corrected chi connectivity index (χ3v) is 2.50. The minimum absolute atomic E-state index is 0.0251. The van der Waals surface area contributed by atoms with Crippen molar-refractivity contribution in [1.29, 1.82) is 0 Å². The minimum Gasteiger partial charge on any atom is -0.319 e. The second-order valence-electron chi connectivity index (χ2n) is 3.64. The van der Waals surface area contributed by atoms with Crippen molar-refractivity contribution in [1.82, 2.24) is 10.2 Å². The molecule has 82 valence electrons. The van der Waals surface area contributed by atoms with E-state index in [1.807, 2.05) is 0 Å². The SMILES string of the molecule is CCC1(C)NCN(CC(F)(F)F)C1=O. The molecule has 1 heterocycles. The van der Waals surface area contributed by atoms with Crippen molar-refractivity contribution in [2.45, 2.75) is 32.0 Å². The summed E-state index contributed by atoms with van der Waals surface area (Å²) in [6, 6.07) is 0. The van der Waals surface area contributed by atoms with Crippen molar-refractivity contribution in [3.8, 4) is 0 Å². The molecule has 1 saturated heterocycles. The molecule has 1 fully saturated rings. The predicted molar refractivity (Wildman–Crippen MR) is 44.5 cm³/mol. The molecule has 1 aliphatic heterocycles. The van der Waals surface area contributed by atoms with Crippen molar-refractivity contribution in [2.75, 3.05) is 13.2 Å². The van der Waals surface area contributed by atoms with E-state index < -0.39 is 24.2 Å². The first-order chi connectivity index (χ1) is 6.28. The summed E-state index contributed by atoms with van der Waals surface area (Å²) >= 11 is 0. The van der Waals surface area contributed by atoms with E-state index in [-0.39, 0.29) is 6.67 Å². The number of carbonyl (C=O) groups is 1. The molecular weight excluding hydrogens is 197 g/mol. The average molecular weight is 210 g/mol. The molecule has 0 aromatic heterocycles. The summed E-state index contributed by atoms with van der Waals surface area (Å²) in [5.74, 6) is -0.475. The molecule has 0 spiro atoms.